The maximum Gasteiger partial charge on any atom is 0.519 e. The molecule has 6 heteroatoms. The number of hydrogen-bond acceptors (Lipinski definition) is 4. The van der Waals surface area contributed by atoms with Crippen LogP contribution in [0.2, 0.25) is 5.31 Å². The summed E-state index contributed by atoms with van der Waals surface area (Å²) < 4.78 is 2.63. The summed E-state index contributed by atoms with van der Waals surface area (Å²) in [4.78, 5) is 9.86. The highest BCUT2D eigenvalue weighted by Crippen LogP contribution is 2.79. The smallest absolute Gasteiger partial charge is 0.324 e. The number of rotatable bonds is 3. The number of hydrogen-bond donors (Lipinski definition) is 1. The van der Waals surface area contributed by atoms with Crippen molar-refractivity contribution in [1.82, 2.24) is 4.98 Å². The van der Waals surface area contributed by atoms with Crippen LogP contribution in [0.4, 0.5) is 23.0 Å². The lowest BCUT2D eigenvalue weighted by atomic mass is 9.50. The van der Waals surface area contributed by atoms with Crippen molar-refractivity contribution in [2.24, 2.45) is 5.73 Å². The van der Waals surface area contributed by atoms with Gasteiger partial charge in [-0.1, -0.05) is 38.1 Å². The van der Waals surface area contributed by atoms with Gasteiger partial charge in [-0.25, -0.2) is 9.55 Å². The van der Waals surface area contributed by atoms with E-state index in [9.17, 15) is 0 Å². The molecule has 3 aromatic rings. The fraction of sp³-hybridized carbons (Fsp3) is 0.360. The summed E-state index contributed by atoms with van der Waals surface area (Å²) >= 11 is 0. The summed E-state index contributed by atoms with van der Waals surface area (Å²) in [6.45, 7) is 4.80. The van der Waals surface area contributed by atoms with Gasteiger partial charge in [-0.15, -0.1) is 0 Å². The summed E-state index contributed by atoms with van der Waals surface area (Å²) in [6, 6.07) is 21.8. The Hall–Kier alpha value is -2.86. The summed E-state index contributed by atoms with van der Waals surface area (Å²) in [5.41, 5.74) is 10.9. The molecule has 5 nitrogen and oxygen atoms in total. The summed E-state index contributed by atoms with van der Waals surface area (Å²) in [7, 11) is 0. The molecule has 1 aromatic carbocycles. The van der Waals surface area contributed by atoms with Gasteiger partial charge < -0.3 is 10.5 Å². The molecule has 0 amide bonds. The maximum absolute atomic E-state index is 7.30. The zero-order valence-electron chi connectivity index (χ0n) is 18.1. The topological polar surface area (TPSA) is 49.3 Å². The molecule has 1 spiro atoms. The van der Waals surface area contributed by atoms with Gasteiger partial charge in [-0.2, -0.15) is 0 Å². The van der Waals surface area contributed by atoms with Crippen LogP contribution >= 0.6 is 0 Å². The van der Waals surface area contributed by atoms with Crippen molar-refractivity contribution in [3.8, 4) is 0 Å². The molecular formula is C25H27BN5+. The van der Waals surface area contributed by atoms with Crippen LogP contribution in [0.15, 0.2) is 66.9 Å². The van der Waals surface area contributed by atoms with E-state index in [1.165, 1.54) is 22.9 Å². The number of aromatic nitrogens is 2. The second kappa shape index (κ2) is 5.49. The lowest BCUT2D eigenvalue weighted by molar-refractivity contribution is -0.729. The molecule has 1 saturated carbocycles. The number of anilines is 4. The van der Waals surface area contributed by atoms with Gasteiger partial charge in [0.1, 0.15) is 22.7 Å². The van der Waals surface area contributed by atoms with Crippen LogP contribution in [0.5, 0.6) is 0 Å². The van der Waals surface area contributed by atoms with Gasteiger partial charge >= 0.3 is 6.98 Å². The molecule has 3 atom stereocenters. The molecule has 3 aliphatic heterocycles. The zero-order valence-corrected chi connectivity index (χ0v) is 18.1. The van der Waals surface area contributed by atoms with E-state index in [2.05, 4.69) is 82.6 Å². The molecule has 0 bridgehead atoms. The van der Waals surface area contributed by atoms with Crippen molar-refractivity contribution in [2.45, 2.75) is 55.9 Å². The third kappa shape index (κ3) is 1.75. The van der Waals surface area contributed by atoms with E-state index in [4.69, 9.17) is 10.7 Å². The van der Waals surface area contributed by atoms with E-state index in [0.29, 0.717) is 0 Å². The molecule has 1 aliphatic carbocycles. The monoisotopic (exact) mass is 408 g/mol. The Labute approximate surface area is 183 Å². The summed E-state index contributed by atoms with van der Waals surface area (Å²) in [6.07, 6.45) is 6.05. The third-order valence-electron chi connectivity index (χ3n) is 8.81. The van der Waals surface area contributed by atoms with E-state index < -0.39 is 0 Å². The van der Waals surface area contributed by atoms with Crippen molar-refractivity contribution in [3.05, 3.63) is 72.6 Å². The molecule has 2 N–H and O–H groups in total. The Bertz CT molecular complexity index is 1230. The fourth-order valence-electron chi connectivity index (χ4n) is 7.45. The van der Waals surface area contributed by atoms with Gasteiger partial charge in [0, 0.05) is 25.1 Å². The molecule has 1 fully saturated rings. The number of pyridine rings is 2. The average Bonchev–Trinajstić information content (AvgIpc) is 3.31. The molecule has 0 saturated heterocycles. The van der Waals surface area contributed by atoms with Crippen LogP contribution in [0, 0.1) is 0 Å². The summed E-state index contributed by atoms with van der Waals surface area (Å²) in [5.74, 6) is 2.29. The van der Waals surface area contributed by atoms with Crippen molar-refractivity contribution in [3.63, 3.8) is 0 Å². The van der Waals surface area contributed by atoms with Crippen LogP contribution in [0.3, 0.4) is 0 Å². The molecule has 4 aliphatic rings. The van der Waals surface area contributed by atoms with Gasteiger partial charge in [0.25, 0.3) is 5.82 Å². The largest absolute Gasteiger partial charge is 0.519 e. The van der Waals surface area contributed by atoms with Crippen LogP contribution in [0.1, 0.15) is 38.8 Å². The van der Waals surface area contributed by atoms with Crippen LogP contribution in [-0.2, 0) is 12.0 Å². The first-order valence-corrected chi connectivity index (χ1v) is 11.5. The molecule has 31 heavy (non-hydrogen) atoms. The van der Waals surface area contributed by atoms with Crippen molar-refractivity contribution >= 4 is 30.0 Å². The predicted molar refractivity (Wildman–Crippen MR) is 124 cm³/mol. The van der Waals surface area contributed by atoms with E-state index in [0.717, 1.165) is 31.5 Å². The Kier molecular flexibility index (Phi) is 3.15. The third-order valence-corrected chi connectivity index (χ3v) is 8.81. The summed E-state index contributed by atoms with van der Waals surface area (Å²) in [5, 5.41) is 0.0680. The number of nitrogens with two attached hydrogens (primary N) is 1. The second-order valence-electron chi connectivity index (χ2n) is 9.73. The molecule has 154 valence electrons. The van der Waals surface area contributed by atoms with E-state index >= 15 is 0 Å². The first kappa shape index (κ1) is 17.8. The highest BCUT2D eigenvalue weighted by atomic mass is 15.4. The van der Waals surface area contributed by atoms with Gasteiger partial charge in [0.05, 0.1) is 16.5 Å². The highest BCUT2D eigenvalue weighted by molar-refractivity contribution is 6.77. The minimum absolute atomic E-state index is 0.0360. The molecular weight excluding hydrogens is 381 g/mol. The number of nitrogens with zero attached hydrogens (tertiary/aromatic N) is 4. The highest BCUT2D eigenvalue weighted by Gasteiger charge is 2.91. The first-order valence-electron chi connectivity index (χ1n) is 11.5. The van der Waals surface area contributed by atoms with E-state index in [-0.39, 0.29) is 23.4 Å². The van der Waals surface area contributed by atoms with Gasteiger partial charge in [-0.3, -0.25) is 4.81 Å². The Morgan fingerprint density at radius 3 is 2.45 bits per heavy atom. The first-order chi connectivity index (χ1) is 15.1. The van der Waals surface area contributed by atoms with E-state index in [1.54, 1.807) is 0 Å². The molecule has 0 radical (unpaired) electrons. The maximum atomic E-state index is 7.30. The second-order valence-corrected chi connectivity index (χ2v) is 9.73. The normalized spacial score (nSPS) is 31.3. The molecule has 5 heterocycles. The van der Waals surface area contributed by atoms with Crippen LogP contribution < -0.4 is 19.9 Å². The fourth-order valence-corrected chi connectivity index (χ4v) is 7.45. The Morgan fingerprint density at radius 2 is 1.74 bits per heavy atom. The Balaban J connectivity index is 1.57. The SMILES string of the molecule is CCC1(N)Cc2cccc3[n+]2C12CC2(CC)B1N(c2ccccn2)c2ccccc2N13. The zero-order chi connectivity index (χ0) is 21.0. The number of fused-ring (bicyclic) bond motifs is 5. The molecule has 2 aromatic heterocycles. The van der Waals surface area contributed by atoms with Gasteiger partial charge in [0.2, 0.25) is 0 Å². The lowest BCUT2D eigenvalue weighted by Crippen LogP contribution is -2.70. The van der Waals surface area contributed by atoms with Crippen LogP contribution in [0.25, 0.3) is 0 Å². The van der Waals surface area contributed by atoms with Gasteiger partial charge in [-0.05, 0) is 43.2 Å². The minimum atomic E-state index is -0.219. The number of benzene rings is 1. The quantitative estimate of drug-likeness (QED) is 0.524. The Morgan fingerprint density at radius 1 is 0.968 bits per heavy atom. The molecule has 7 rings (SSSR count). The van der Waals surface area contributed by atoms with Crippen molar-refractivity contribution in [2.75, 3.05) is 9.62 Å². The number of para-hydroxylation sites is 2. The van der Waals surface area contributed by atoms with E-state index in [1.807, 2.05) is 12.3 Å². The molecule has 3 unspecified atom stereocenters. The average molecular weight is 408 g/mol. The van der Waals surface area contributed by atoms with Crippen molar-refractivity contribution < 1.29 is 4.57 Å². The van der Waals surface area contributed by atoms with Crippen molar-refractivity contribution in [1.29, 1.82) is 0 Å². The van der Waals surface area contributed by atoms with Crippen LogP contribution in [-0.4, -0.2) is 17.5 Å². The minimum Gasteiger partial charge on any atom is -0.324 e. The lowest BCUT2D eigenvalue weighted by Gasteiger charge is -2.40. The standard InChI is InChI=1S/C25H27BN5/c1-3-23-17-25(23)24(27,4-2)16-18-10-9-14-22(29(18)25)31-20-12-6-5-11-19(20)30(26(23)31)21-13-7-8-15-28-21/h5-15H,3-4,16-17,27H2,1-2H3/q+1. The van der Waals surface area contributed by atoms with Gasteiger partial charge in [0.15, 0.2) is 0 Å². The predicted octanol–water partition coefficient (Wildman–Crippen LogP) is 4.07.